The van der Waals surface area contributed by atoms with Crippen molar-refractivity contribution in [1.82, 2.24) is 9.97 Å². The summed E-state index contributed by atoms with van der Waals surface area (Å²) in [7, 11) is 0. The molecular weight excluding hydrogens is 184 g/mol. The number of amides is 1. The van der Waals surface area contributed by atoms with Crippen molar-refractivity contribution in [2.75, 3.05) is 11.1 Å². The molecule has 0 bridgehead atoms. The molecule has 6 heteroatoms. The van der Waals surface area contributed by atoms with E-state index in [4.69, 9.17) is 5.73 Å². The molecule has 1 aromatic heterocycles. The normalized spacial score (nSPS) is 9.79. The van der Waals surface area contributed by atoms with E-state index in [0.717, 1.165) is 6.42 Å². The molecule has 0 saturated carbocycles. The number of carbonyl (C=O) groups is 1. The minimum absolute atomic E-state index is 0.0264. The summed E-state index contributed by atoms with van der Waals surface area (Å²) in [5.74, 6) is -0.0527. The molecule has 6 nitrogen and oxygen atoms in total. The molecule has 0 atom stereocenters. The van der Waals surface area contributed by atoms with E-state index in [1.54, 1.807) is 0 Å². The van der Waals surface area contributed by atoms with Crippen molar-refractivity contribution < 1.29 is 4.79 Å². The van der Waals surface area contributed by atoms with Gasteiger partial charge in [-0.2, -0.15) is 0 Å². The molecule has 0 aromatic carbocycles. The minimum atomic E-state index is -0.452. The first-order chi connectivity index (χ1) is 6.63. The standard InChI is InChI=1S/C8H12N4O2/c1-2-3-6(13)11-8-10-4-5(9)7(14)12-8/h4H,2-3,9H2,1H3,(H2,10,11,12,13,14). The van der Waals surface area contributed by atoms with Crippen LogP contribution in [0.2, 0.25) is 0 Å². The maximum absolute atomic E-state index is 11.1. The van der Waals surface area contributed by atoms with E-state index in [1.165, 1.54) is 6.20 Å². The fourth-order valence-electron chi connectivity index (χ4n) is 0.890. The van der Waals surface area contributed by atoms with Crippen LogP contribution in [0.15, 0.2) is 11.0 Å². The third kappa shape index (κ3) is 2.58. The Hall–Kier alpha value is -1.85. The monoisotopic (exact) mass is 196 g/mol. The summed E-state index contributed by atoms with van der Waals surface area (Å²) in [4.78, 5) is 28.2. The van der Waals surface area contributed by atoms with Crippen molar-refractivity contribution in [3.05, 3.63) is 16.6 Å². The predicted octanol–water partition coefficient (Wildman–Crippen LogP) is 0.0907. The van der Waals surface area contributed by atoms with E-state index >= 15 is 0 Å². The number of carbonyl (C=O) groups excluding carboxylic acids is 1. The van der Waals surface area contributed by atoms with Crippen molar-refractivity contribution in [1.29, 1.82) is 0 Å². The van der Waals surface area contributed by atoms with E-state index in [1.807, 2.05) is 6.92 Å². The second-order valence-electron chi connectivity index (χ2n) is 2.81. The zero-order chi connectivity index (χ0) is 10.6. The molecule has 14 heavy (non-hydrogen) atoms. The van der Waals surface area contributed by atoms with Gasteiger partial charge in [0.25, 0.3) is 5.56 Å². The molecule has 1 aromatic rings. The molecule has 0 saturated heterocycles. The number of anilines is 2. The average molecular weight is 196 g/mol. The van der Waals surface area contributed by atoms with Gasteiger partial charge in [-0.3, -0.25) is 19.9 Å². The van der Waals surface area contributed by atoms with Crippen molar-refractivity contribution in [2.45, 2.75) is 19.8 Å². The summed E-state index contributed by atoms with van der Waals surface area (Å²) in [6, 6.07) is 0. The van der Waals surface area contributed by atoms with Gasteiger partial charge in [0.2, 0.25) is 11.9 Å². The molecule has 0 aliphatic rings. The topological polar surface area (TPSA) is 101 Å². The molecule has 1 rings (SSSR count). The molecule has 4 N–H and O–H groups in total. The molecule has 1 amide bonds. The van der Waals surface area contributed by atoms with E-state index in [2.05, 4.69) is 15.3 Å². The Morgan fingerprint density at radius 3 is 3.00 bits per heavy atom. The molecule has 0 fully saturated rings. The first kappa shape index (κ1) is 10.2. The Kier molecular flexibility index (Phi) is 3.22. The van der Waals surface area contributed by atoms with Crippen LogP contribution in [0.25, 0.3) is 0 Å². The molecule has 0 aliphatic carbocycles. The molecule has 76 valence electrons. The number of rotatable bonds is 3. The molecule has 0 spiro atoms. The van der Waals surface area contributed by atoms with Gasteiger partial charge in [-0.05, 0) is 6.42 Å². The Bertz CT molecular complexity index is 385. The number of hydrogen-bond acceptors (Lipinski definition) is 4. The van der Waals surface area contributed by atoms with Crippen LogP contribution in [0.5, 0.6) is 0 Å². The fraction of sp³-hybridized carbons (Fsp3) is 0.375. The number of nitrogens with two attached hydrogens (primary N) is 1. The maximum Gasteiger partial charge on any atom is 0.275 e. The van der Waals surface area contributed by atoms with Crippen LogP contribution in [-0.2, 0) is 4.79 Å². The second-order valence-corrected chi connectivity index (χ2v) is 2.81. The van der Waals surface area contributed by atoms with Gasteiger partial charge < -0.3 is 5.73 Å². The van der Waals surface area contributed by atoms with Crippen LogP contribution >= 0.6 is 0 Å². The molecule has 0 aliphatic heterocycles. The number of aromatic amines is 1. The van der Waals surface area contributed by atoms with Gasteiger partial charge >= 0.3 is 0 Å². The minimum Gasteiger partial charge on any atom is -0.393 e. The number of nitrogen functional groups attached to an aromatic ring is 1. The van der Waals surface area contributed by atoms with Crippen LogP contribution in [0, 0.1) is 0 Å². The lowest BCUT2D eigenvalue weighted by Gasteiger charge is -2.02. The summed E-state index contributed by atoms with van der Waals surface area (Å²) in [5.41, 5.74) is 4.83. The van der Waals surface area contributed by atoms with Gasteiger partial charge in [0.1, 0.15) is 5.69 Å². The summed E-state index contributed by atoms with van der Waals surface area (Å²) in [5, 5.41) is 2.45. The smallest absolute Gasteiger partial charge is 0.275 e. The van der Waals surface area contributed by atoms with E-state index in [-0.39, 0.29) is 17.5 Å². The number of nitrogens with zero attached hydrogens (tertiary/aromatic N) is 1. The highest BCUT2D eigenvalue weighted by Gasteiger charge is 2.03. The molecule has 0 unspecified atom stereocenters. The highest BCUT2D eigenvalue weighted by molar-refractivity contribution is 5.88. The van der Waals surface area contributed by atoms with Gasteiger partial charge in [0.05, 0.1) is 6.20 Å². The summed E-state index contributed by atoms with van der Waals surface area (Å²) in [6.45, 7) is 1.89. The zero-order valence-corrected chi connectivity index (χ0v) is 7.83. The molecular formula is C8H12N4O2. The SMILES string of the molecule is CCCC(=O)Nc1ncc(N)c(=O)[nH]1. The quantitative estimate of drug-likeness (QED) is 0.637. The summed E-state index contributed by atoms with van der Waals surface area (Å²) in [6.07, 6.45) is 2.35. The third-order valence-electron chi connectivity index (χ3n) is 1.56. The Labute approximate surface area is 80.5 Å². The van der Waals surface area contributed by atoms with E-state index in [9.17, 15) is 9.59 Å². The van der Waals surface area contributed by atoms with Crippen LogP contribution < -0.4 is 16.6 Å². The lowest BCUT2D eigenvalue weighted by Crippen LogP contribution is -2.19. The van der Waals surface area contributed by atoms with Gasteiger partial charge in [-0.15, -0.1) is 0 Å². The van der Waals surface area contributed by atoms with Crippen molar-refractivity contribution >= 4 is 17.5 Å². The van der Waals surface area contributed by atoms with Crippen molar-refractivity contribution in [2.24, 2.45) is 0 Å². The van der Waals surface area contributed by atoms with Crippen LogP contribution in [-0.4, -0.2) is 15.9 Å². The lowest BCUT2D eigenvalue weighted by molar-refractivity contribution is -0.116. The number of hydrogen-bond donors (Lipinski definition) is 3. The highest BCUT2D eigenvalue weighted by Crippen LogP contribution is 1.97. The van der Waals surface area contributed by atoms with Gasteiger partial charge in [-0.25, -0.2) is 4.98 Å². The van der Waals surface area contributed by atoms with Crippen molar-refractivity contribution in [3.8, 4) is 0 Å². The van der Waals surface area contributed by atoms with E-state index in [0.29, 0.717) is 6.42 Å². The fourth-order valence-corrected chi connectivity index (χ4v) is 0.890. The third-order valence-corrected chi connectivity index (χ3v) is 1.56. The first-order valence-electron chi connectivity index (χ1n) is 4.28. The average Bonchev–Trinajstić information content (AvgIpc) is 2.12. The lowest BCUT2D eigenvalue weighted by atomic mass is 10.3. The van der Waals surface area contributed by atoms with Gasteiger partial charge in [-0.1, -0.05) is 6.92 Å². The largest absolute Gasteiger partial charge is 0.393 e. The van der Waals surface area contributed by atoms with Gasteiger partial charge in [0, 0.05) is 6.42 Å². The zero-order valence-electron chi connectivity index (χ0n) is 7.83. The van der Waals surface area contributed by atoms with Crippen molar-refractivity contribution in [3.63, 3.8) is 0 Å². The Morgan fingerprint density at radius 1 is 1.71 bits per heavy atom. The maximum atomic E-state index is 11.1. The highest BCUT2D eigenvalue weighted by atomic mass is 16.2. The predicted molar refractivity (Wildman–Crippen MR) is 52.8 cm³/mol. The number of aromatic nitrogens is 2. The van der Waals surface area contributed by atoms with Crippen LogP contribution in [0.1, 0.15) is 19.8 Å². The second kappa shape index (κ2) is 4.40. The first-order valence-corrected chi connectivity index (χ1v) is 4.28. The Balaban J connectivity index is 2.73. The molecule has 0 radical (unpaired) electrons. The summed E-state index contributed by atoms with van der Waals surface area (Å²) < 4.78 is 0. The van der Waals surface area contributed by atoms with Gasteiger partial charge in [0.15, 0.2) is 0 Å². The summed E-state index contributed by atoms with van der Waals surface area (Å²) >= 11 is 0. The van der Waals surface area contributed by atoms with E-state index < -0.39 is 5.56 Å². The molecule has 1 heterocycles. The van der Waals surface area contributed by atoms with Crippen LogP contribution in [0.4, 0.5) is 11.6 Å². The van der Waals surface area contributed by atoms with Crippen LogP contribution in [0.3, 0.4) is 0 Å². The number of H-pyrrole nitrogens is 1. The Morgan fingerprint density at radius 2 is 2.43 bits per heavy atom. The number of nitrogens with one attached hydrogen (secondary N) is 2.